The van der Waals surface area contributed by atoms with Crippen LogP contribution >= 0.6 is 0 Å². The molecule has 1 heterocycles. The van der Waals surface area contributed by atoms with Crippen molar-refractivity contribution in [1.29, 1.82) is 0 Å². The van der Waals surface area contributed by atoms with Gasteiger partial charge in [0.25, 0.3) is 5.91 Å². The normalized spacial score (nSPS) is 13.7. The fourth-order valence-corrected chi connectivity index (χ4v) is 3.79. The van der Waals surface area contributed by atoms with Gasteiger partial charge in [0.15, 0.2) is 0 Å². The Labute approximate surface area is 180 Å². The lowest BCUT2D eigenvalue weighted by atomic mass is 9.77. The summed E-state index contributed by atoms with van der Waals surface area (Å²) in [5.74, 6) is -0.580. The summed E-state index contributed by atoms with van der Waals surface area (Å²) in [6.45, 7) is 7.07. The molecule has 7 heteroatoms. The van der Waals surface area contributed by atoms with Crippen molar-refractivity contribution in [2.24, 2.45) is 5.41 Å². The first-order chi connectivity index (χ1) is 14.5. The zero-order valence-electron chi connectivity index (χ0n) is 18.2. The molecule has 0 saturated heterocycles. The third kappa shape index (κ3) is 5.18. The Morgan fingerprint density at radius 3 is 2.55 bits per heavy atom. The van der Waals surface area contributed by atoms with E-state index in [-0.39, 0.29) is 19.4 Å². The van der Waals surface area contributed by atoms with E-state index in [2.05, 4.69) is 10.5 Å². The molecular weight excluding hydrogens is 396 g/mol. The summed E-state index contributed by atoms with van der Waals surface area (Å²) in [6, 6.07) is 12.4. The predicted octanol–water partition coefficient (Wildman–Crippen LogP) is 3.13. The standard InChI is InChI=1S/C24H28N2O5/c1-15-6-5-7-17(10-15)12-24(30,13-23(3,4)14-27)22(29)25-18-8-9-19-20(11-18)16(2)26-31-21(19)28/h5-11,27,30H,12-14H2,1-4H3,(H,25,29). The number of hydrogen-bond acceptors (Lipinski definition) is 6. The number of nitrogens with zero attached hydrogens (tertiary/aromatic N) is 1. The van der Waals surface area contributed by atoms with E-state index in [9.17, 15) is 19.8 Å². The van der Waals surface area contributed by atoms with Crippen LogP contribution in [0.2, 0.25) is 0 Å². The van der Waals surface area contributed by atoms with Crippen LogP contribution in [-0.2, 0) is 11.2 Å². The van der Waals surface area contributed by atoms with Gasteiger partial charge >= 0.3 is 5.63 Å². The van der Waals surface area contributed by atoms with Gasteiger partial charge in [0.1, 0.15) is 5.60 Å². The summed E-state index contributed by atoms with van der Waals surface area (Å²) in [6.07, 6.45) is 0.162. The van der Waals surface area contributed by atoms with E-state index in [0.29, 0.717) is 22.2 Å². The van der Waals surface area contributed by atoms with Crippen molar-refractivity contribution < 1.29 is 19.5 Å². The number of hydrogen-bond donors (Lipinski definition) is 3. The van der Waals surface area contributed by atoms with Gasteiger partial charge in [-0.15, -0.1) is 0 Å². The summed E-state index contributed by atoms with van der Waals surface area (Å²) in [7, 11) is 0. The van der Waals surface area contributed by atoms with Gasteiger partial charge in [-0.2, -0.15) is 0 Å². The first-order valence-corrected chi connectivity index (χ1v) is 10.1. The molecule has 0 bridgehead atoms. The molecular formula is C24H28N2O5. The van der Waals surface area contributed by atoms with Crippen molar-refractivity contribution in [2.75, 3.05) is 11.9 Å². The van der Waals surface area contributed by atoms with Crippen LogP contribution in [0, 0.1) is 19.3 Å². The Balaban J connectivity index is 1.95. The number of carbonyl (C=O) groups is 1. The second-order valence-corrected chi connectivity index (χ2v) is 8.97. The summed E-state index contributed by atoms with van der Waals surface area (Å²) in [5.41, 5.74) is -0.184. The number of nitrogens with one attached hydrogen (secondary N) is 1. The van der Waals surface area contributed by atoms with Gasteiger partial charge in [-0.3, -0.25) is 4.79 Å². The van der Waals surface area contributed by atoms with E-state index in [1.54, 1.807) is 39.0 Å². The largest absolute Gasteiger partial charge is 0.396 e. The lowest BCUT2D eigenvalue weighted by molar-refractivity contribution is -0.138. The zero-order chi connectivity index (χ0) is 22.8. The smallest absolute Gasteiger partial charge is 0.366 e. The highest BCUT2D eigenvalue weighted by Gasteiger charge is 2.41. The van der Waals surface area contributed by atoms with Gasteiger partial charge in [0, 0.05) is 24.1 Å². The third-order valence-electron chi connectivity index (χ3n) is 5.35. The predicted molar refractivity (Wildman–Crippen MR) is 119 cm³/mol. The molecule has 0 aliphatic heterocycles. The van der Waals surface area contributed by atoms with Crippen LogP contribution in [0.25, 0.3) is 10.8 Å². The van der Waals surface area contributed by atoms with Crippen molar-refractivity contribution in [1.82, 2.24) is 5.16 Å². The van der Waals surface area contributed by atoms with Crippen molar-refractivity contribution in [2.45, 2.75) is 46.1 Å². The first kappa shape index (κ1) is 22.7. The van der Waals surface area contributed by atoms with Crippen LogP contribution < -0.4 is 10.9 Å². The fraction of sp³-hybridized carbons (Fsp3) is 0.375. The number of fused-ring (bicyclic) bond motifs is 1. The quantitative estimate of drug-likeness (QED) is 0.537. The summed E-state index contributed by atoms with van der Waals surface area (Å²) in [4.78, 5) is 25.1. The van der Waals surface area contributed by atoms with E-state index in [0.717, 1.165) is 11.1 Å². The Morgan fingerprint density at radius 2 is 1.87 bits per heavy atom. The van der Waals surface area contributed by atoms with Gasteiger partial charge in [0.05, 0.1) is 11.1 Å². The van der Waals surface area contributed by atoms with Gasteiger partial charge in [-0.1, -0.05) is 48.8 Å². The molecule has 0 spiro atoms. The molecule has 0 radical (unpaired) electrons. The summed E-state index contributed by atoms with van der Waals surface area (Å²) >= 11 is 0. The number of anilines is 1. The summed E-state index contributed by atoms with van der Waals surface area (Å²) < 4.78 is 4.73. The molecule has 1 unspecified atom stereocenters. The molecule has 2 aromatic carbocycles. The van der Waals surface area contributed by atoms with E-state index >= 15 is 0 Å². The molecule has 31 heavy (non-hydrogen) atoms. The second-order valence-electron chi connectivity index (χ2n) is 8.97. The molecule has 0 saturated carbocycles. The average Bonchev–Trinajstić information content (AvgIpc) is 2.70. The van der Waals surface area contributed by atoms with Gasteiger partial charge in [-0.25, -0.2) is 4.79 Å². The molecule has 3 rings (SSSR count). The fourth-order valence-electron chi connectivity index (χ4n) is 3.79. The maximum atomic E-state index is 13.3. The maximum Gasteiger partial charge on any atom is 0.366 e. The lowest BCUT2D eigenvalue weighted by Crippen LogP contribution is -2.48. The Morgan fingerprint density at radius 1 is 1.13 bits per heavy atom. The number of carbonyl (C=O) groups excluding carboxylic acids is 1. The number of aliphatic hydroxyl groups is 2. The minimum atomic E-state index is -1.75. The highest BCUT2D eigenvalue weighted by molar-refractivity contribution is 5.99. The van der Waals surface area contributed by atoms with Crippen molar-refractivity contribution in [3.05, 3.63) is 69.7 Å². The van der Waals surface area contributed by atoms with Crippen LogP contribution in [0.4, 0.5) is 5.69 Å². The van der Waals surface area contributed by atoms with E-state index < -0.39 is 22.5 Å². The topological polar surface area (TPSA) is 113 Å². The average molecular weight is 424 g/mol. The number of amides is 1. The lowest BCUT2D eigenvalue weighted by Gasteiger charge is -2.34. The Bertz CT molecular complexity index is 1170. The van der Waals surface area contributed by atoms with Gasteiger partial charge in [-0.05, 0) is 49.4 Å². The summed E-state index contributed by atoms with van der Waals surface area (Å²) in [5, 5.41) is 28.6. The number of benzene rings is 2. The van der Waals surface area contributed by atoms with E-state index in [1.807, 2.05) is 31.2 Å². The van der Waals surface area contributed by atoms with Crippen LogP contribution in [0.3, 0.4) is 0 Å². The number of aromatic nitrogens is 1. The molecule has 0 fully saturated rings. The monoisotopic (exact) mass is 424 g/mol. The van der Waals surface area contributed by atoms with Crippen LogP contribution in [0.1, 0.15) is 37.1 Å². The Kier molecular flexibility index (Phi) is 6.29. The number of rotatable bonds is 7. The second kappa shape index (κ2) is 8.61. The highest BCUT2D eigenvalue weighted by atomic mass is 16.5. The van der Waals surface area contributed by atoms with Crippen LogP contribution in [0.15, 0.2) is 51.8 Å². The van der Waals surface area contributed by atoms with Crippen molar-refractivity contribution in [3.8, 4) is 0 Å². The maximum absolute atomic E-state index is 13.3. The van der Waals surface area contributed by atoms with Gasteiger partial charge < -0.3 is 20.1 Å². The third-order valence-corrected chi connectivity index (χ3v) is 5.35. The van der Waals surface area contributed by atoms with Crippen molar-refractivity contribution in [3.63, 3.8) is 0 Å². The molecule has 1 atom stereocenters. The SMILES string of the molecule is Cc1cccc(CC(O)(CC(C)(C)CO)C(=O)Nc2ccc3c(=O)onc(C)c3c2)c1. The highest BCUT2D eigenvalue weighted by Crippen LogP contribution is 2.32. The molecule has 1 amide bonds. The van der Waals surface area contributed by atoms with Crippen molar-refractivity contribution >= 4 is 22.4 Å². The first-order valence-electron chi connectivity index (χ1n) is 10.1. The molecule has 3 aromatic rings. The molecule has 0 aliphatic rings. The minimum absolute atomic E-state index is 0.0635. The van der Waals surface area contributed by atoms with Gasteiger partial charge in [0.2, 0.25) is 0 Å². The molecule has 164 valence electrons. The molecule has 3 N–H and O–H groups in total. The van der Waals surface area contributed by atoms with E-state index in [1.165, 1.54) is 0 Å². The van der Waals surface area contributed by atoms with Crippen LogP contribution in [-0.4, -0.2) is 33.5 Å². The number of aliphatic hydroxyl groups excluding tert-OH is 1. The molecule has 1 aromatic heterocycles. The number of aryl methyl sites for hydroxylation is 2. The molecule has 7 nitrogen and oxygen atoms in total. The van der Waals surface area contributed by atoms with Crippen LogP contribution in [0.5, 0.6) is 0 Å². The minimum Gasteiger partial charge on any atom is -0.396 e. The Hall–Kier alpha value is -3.03. The molecule has 0 aliphatic carbocycles. The zero-order valence-corrected chi connectivity index (χ0v) is 18.2. The van der Waals surface area contributed by atoms with E-state index in [4.69, 9.17) is 4.52 Å².